The van der Waals surface area contributed by atoms with Gasteiger partial charge < -0.3 is 9.15 Å². The summed E-state index contributed by atoms with van der Waals surface area (Å²) in [5.74, 6) is 0.988. The first kappa shape index (κ1) is 18.8. The van der Waals surface area contributed by atoms with Crippen LogP contribution in [0.2, 0.25) is 0 Å². The van der Waals surface area contributed by atoms with Crippen molar-refractivity contribution < 1.29 is 13.5 Å². The minimum absolute atomic E-state index is 0.285. The van der Waals surface area contributed by atoms with E-state index in [-0.39, 0.29) is 5.82 Å². The van der Waals surface area contributed by atoms with Crippen LogP contribution in [-0.2, 0) is 17.9 Å². The Morgan fingerprint density at radius 3 is 2.64 bits per heavy atom. The Bertz CT molecular complexity index is 902. The zero-order chi connectivity index (χ0) is 19.3. The molecule has 1 saturated heterocycles. The van der Waals surface area contributed by atoms with E-state index in [0.29, 0.717) is 24.2 Å². The maximum absolute atomic E-state index is 13.5. The first-order valence-corrected chi connectivity index (χ1v) is 9.77. The Balaban J connectivity index is 1.30. The summed E-state index contributed by atoms with van der Waals surface area (Å²) in [6.07, 6.45) is 2.33. The van der Waals surface area contributed by atoms with Crippen molar-refractivity contribution in [1.29, 1.82) is 0 Å². The number of aryl methyl sites for hydroxylation is 1. The number of ether oxygens (including phenoxy) is 1. The van der Waals surface area contributed by atoms with Crippen LogP contribution >= 0.6 is 0 Å². The fourth-order valence-corrected chi connectivity index (χ4v) is 3.55. The molecule has 146 valence electrons. The monoisotopic (exact) mass is 380 g/mol. The molecule has 0 amide bonds. The lowest BCUT2D eigenvalue weighted by Gasteiger charge is -2.31. The molecule has 0 unspecified atom stereocenters. The summed E-state index contributed by atoms with van der Waals surface area (Å²) in [5, 5.41) is 0. The highest BCUT2D eigenvalue weighted by Crippen LogP contribution is 2.24. The lowest BCUT2D eigenvalue weighted by molar-refractivity contribution is -0.00418. The van der Waals surface area contributed by atoms with Gasteiger partial charge in [0.05, 0.1) is 18.4 Å². The standard InChI is InChI=1S/C23H25FN2O2/c1-17-22(25-23(28-17)19-8-5-9-20(24)14-19)15-26-12-10-21(11-13-26)27-16-18-6-3-2-4-7-18/h2-9,14,21H,10-13,15-16H2,1H3. The van der Waals surface area contributed by atoms with Crippen LogP contribution in [0.1, 0.15) is 29.9 Å². The van der Waals surface area contributed by atoms with Crippen LogP contribution in [0.3, 0.4) is 0 Å². The molecule has 1 aromatic heterocycles. The molecule has 0 aliphatic carbocycles. The van der Waals surface area contributed by atoms with Gasteiger partial charge in [0.2, 0.25) is 5.89 Å². The highest BCUT2D eigenvalue weighted by molar-refractivity contribution is 5.53. The maximum atomic E-state index is 13.5. The van der Waals surface area contributed by atoms with Crippen molar-refractivity contribution in [3.05, 3.63) is 77.4 Å². The molecule has 4 nitrogen and oxygen atoms in total. The first-order valence-electron chi connectivity index (χ1n) is 9.77. The van der Waals surface area contributed by atoms with Crippen molar-refractivity contribution in [2.24, 2.45) is 0 Å². The van der Waals surface area contributed by atoms with Crippen molar-refractivity contribution in [1.82, 2.24) is 9.88 Å². The van der Waals surface area contributed by atoms with Gasteiger partial charge in [0.15, 0.2) is 0 Å². The second-order valence-corrected chi connectivity index (χ2v) is 7.30. The van der Waals surface area contributed by atoms with Gasteiger partial charge in [0.1, 0.15) is 11.6 Å². The van der Waals surface area contributed by atoms with Gasteiger partial charge in [-0.2, -0.15) is 0 Å². The summed E-state index contributed by atoms with van der Waals surface area (Å²) in [4.78, 5) is 6.98. The third-order valence-corrected chi connectivity index (χ3v) is 5.20. The van der Waals surface area contributed by atoms with E-state index in [9.17, 15) is 4.39 Å². The molecule has 0 bridgehead atoms. The van der Waals surface area contributed by atoms with E-state index in [1.807, 2.05) is 31.2 Å². The number of halogens is 1. The molecule has 5 heteroatoms. The van der Waals surface area contributed by atoms with Crippen LogP contribution in [0.4, 0.5) is 4.39 Å². The van der Waals surface area contributed by atoms with Gasteiger partial charge in [-0.1, -0.05) is 36.4 Å². The van der Waals surface area contributed by atoms with Crippen molar-refractivity contribution in [3.8, 4) is 11.5 Å². The zero-order valence-electron chi connectivity index (χ0n) is 16.1. The molecule has 0 saturated carbocycles. The topological polar surface area (TPSA) is 38.5 Å². The smallest absolute Gasteiger partial charge is 0.226 e. The quantitative estimate of drug-likeness (QED) is 0.605. The second-order valence-electron chi connectivity index (χ2n) is 7.30. The molecule has 0 spiro atoms. The Hall–Kier alpha value is -2.50. The highest BCUT2D eigenvalue weighted by Gasteiger charge is 2.22. The van der Waals surface area contributed by atoms with Crippen molar-refractivity contribution >= 4 is 0 Å². The SMILES string of the molecule is Cc1oc(-c2cccc(F)c2)nc1CN1CCC(OCc2ccccc2)CC1. The van der Waals surface area contributed by atoms with Gasteiger partial charge in [-0.3, -0.25) is 4.90 Å². The Morgan fingerprint density at radius 1 is 1.11 bits per heavy atom. The van der Waals surface area contributed by atoms with Crippen LogP contribution in [-0.4, -0.2) is 29.1 Å². The zero-order valence-corrected chi connectivity index (χ0v) is 16.1. The van der Waals surface area contributed by atoms with E-state index in [1.165, 1.54) is 17.7 Å². The number of piperidine rings is 1. The summed E-state index contributed by atoms with van der Waals surface area (Å²) < 4.78 is 25.3. The second kappa shape index (κ2) is 8.67. The largest absolute Gasteiger partial charge is 0.441 e. The third-order valence-electron chi connectivity index (χ3n) is 5.20. The highest BCUT2D eigenvalue weighted by atomic mass is 19.1. The van der Waals surface area contributed by atoms with Crippen LogP contribution in [0.25, 0.3) is 11.5 Å². The molecule has 2 aromatic carbocycles. The number of benzene rings is 2. The molecular formula is C23H25FN2O2. The molecule has 3 aromatic rings. The predicted molar refractivity (Wildman–Crippen MR) is 106 cm³/mol. The summed E-state index contributed by atoms with van der Waals surface area (Å²) >= 11 is 0. The van der Waals surface area contributed by atoms with Crippen molar-refractivity contribution in [2.45, 2.75) is 39.0 Å². The van der Waals surface area contributed by atoms with Crippen LogP contribution in [0, 0.1) is 12.7 Å². The molecule has 1 fully saturated rings. The van der Waals surface area contributed by atoms with E-state index < -0.39 is 0 Å². The number of nitrogens with zero attached hydrogens (tertiary/aromatic N) is 2. The summed E-state index contributed by atoms with van der Waals surface area (Å²) in [6.45, 7) is 5.28. The minimum atomic E-state index is -0.285. The molecule has 0 radical (unpaired) electrons. The van der Waals surface area contributed by atoms with E-state index in [2.05, 4.69) is 22.0 Å². The molecular weight excluding hydrogens is 355 g/mol. The Labute approximate surface area is 165 Å². The molecule has 1 aliphatic heterocycles. The minimum Gasteiger partial charge on any atom is -0.441 e. The average Bonchev–Trinajstić information content (AvgIpc) is 3.09. The van der Waals surface area contributed by atoms with Gasteiger partial charge >= 0.3 is 0 Å². The first-order chi connectivity index (χ1) is 13.7. The number of hydrogen-bond donors (Lipinski definition) is 0. The summed E-state index contributed by atoms with van der Waals surface area (Å²) in [7, 11) is 0. The van der Waals surface area contributed by atoms with E-state index in [4.69, 9.17) is 9.15 Å². The molecule has 2 heterocycles. The van der Waals surface area contributed by atoms with E-state index in [1.54, 1.807) is 6.07 Å². The van der Waals surface area contributed by atoms with Crippen LogP contribution in [0.15, 0.2) is 59.0 Å². The molecule has 0 N–H and O–H groups in total. The molecule has 4 rings (SSSR count). The van der Waals surface area contributed by atoms with Crippen molar-refractivity contribution in [2.75, 3.05) is 13.1 Å². The lowest BCUT2D eigenvalue weighted by Crippen LogP contribution is -2.36. The fourth-order valence-electron chi connectivity index (χ4n) is 3.55. The number of oxazole rings is 1. The summed E-state index contributed by atoms with van der Waals surface area (Å²) in [6, 6.07) is 16.6. The van der Waals surface area contributed by atoms with Gasteiger partial charge in [-0.05, 0) is 43.5 Å². The Kier molecular flexibility index (Phi) is 5.84. The molecule has 1 aliphatic rings. The molecule has 0 atom stereocenters. The van der Waals surface area contributed by atoms with E-state index in [0.717, 1.165) is 43.9 Å². The normalized spacial score (nSPS) is 15.8. The molecule has 28 heavy (non-hydrogen) atoms. The number of aromatic nitrogens is 1. The maximum Gasteiger partial charge on any atom is 0.226 e. The van der Waals surface area contributed by atoms with Gasteiger partial charge in [-0.15, -0.1) is 0 Å². The van der Waals surface area contributed by atoms with E-state index >= 15 is 0 Å². The average molecular weight is 380 g/mol. The van der Waals surface area contributed by atoms with Gasteiger partial charge in [0.25, 0.3) is 0 Å². The summed E-state index contributed by atoms with van der Waals surface area (Å²) in [5.41, 5.74) is 2.80. The van der Waals surface area contributed by atoms with Gasteiger partial charge in [-0.25, -0.2) is 9.37 Å². The lowest BCUT2D eigenvalue weighted by atomic mass is 10.1. The predicted octanol–water partition coefficient (Wildman–Crippen LogP) is 4.97. The van der Waals surface area contributed by atoms with Crippen LogP contribution in [0.5, 0.6) is 0 Å². The van der Waals surface area contributed by atoms with Crippen molar-refractivity contribution in [3.63, 3.8) is 0 Å². The van der Waals surface area contributed by atoms with Gasteiger partial charge in [0, 0.05) is 25.2 Å². The number of hydrogen-bond acceptors (Lipinski definition) is 4. The third kappa shape index (κ3) is 4.66. The fraction of sp³-hybridized carbons (Fsp3) is 0.348. The van der Waals surface area contributed by atoms with Crippen LogP contribution < -0.4 is 0 Å². The number of likely N-dealkylation sites (tertiary alicyclic amines) is 1. The number of rotatable bonds is 6. The Morgan fingerprint density at radius 2 is 1.89 bits per heavy atom.